The number of hydrogen-bond donors (Lipinski definition) is 0. The molecule has 0 bridgehead atoms. The fourth-order valence-corrected chi connectivity index (χ4v) is 4.95. The summed E-state index contributed by atoms with van der Waals surface area (Å²) in [5.41, 5.74) is 5.87. The van der Waals surface area contributed by atoms with Crippen molar-refractivity contribution in [2.45, 2.75) is 51.4 Å². The van der Waals surface area contributed by atoms with E-state index in [0.29, 0.717) is 0 Å². The van der Waals surface area contributed by atoms with Crippen LogP contribution in [0.25, 0.3) is 21.5 Å². The van der Waals surface area contributed by atoms with Crippen molar-refractivity contribution in [3.8, 4) is 0 Å². The Labute approximate surface area is 136 Å². The molecule has 3 aromatic carbocycles. The topological polar surface area (TPSA) is 0 Å². The first kappa shape index (κ1) is 13.5. The van der Waals surface area contributed by atoms with Gasteiger partial charge in [0.05, 0.1) is 0 Å². The van der Waals surface area contributed by atoms with Crippen molar-refractivity contribution in [2.75, 3.05) is 0 Å². The molecule has 23 heavy (non-hydrogen) atoms. The molecule has 1 heteroatoms. The standard InChI is InChI=1S/C22H21F/c23-20-13-14-7-1-2-8-15(14)21-18-11-5-3-9-16(18)17-10-4-6-12-19(17)22(20)21/h1-2,7-8,13H,3-6,9-12H2. The first-order chi connectivity index (χ1) is 11.3. The lowest BCUT2D eigenvalue weighted by atomic mass is 9.76. The summed E-state index contributed by atoms with van der Waals surface area (Å²) in [5, 5.41) is 4.46. The second-order valence-electron chi connectivity index (χ2n) is 7.16. The highest BCUT2D eigenvalue weighted by molar-refractivity contribution is 6.11. The summed E-state index contributed by atoms with van der Waals surface area (Å²) in [7, 11) is 0. The summed E-state index contributed by atoms with van der Waals surface area (Å²) in [4.78, 5) is 0. The Morgan fingerprint density at radius 3 is 1.91 bits per heavy atom. The van der Waals surface area contributed by atoms with E-state index in [1.807, 2.05) is 12.1 Å². The Balaban J connectivity index is 2.04. The van der Waals surface area contributed by atoms with Gasteiger partial charge in [-0.05, 0) is 95.8 Å². The molecule has 0 aliphatic heterocycles. The zero-order chi connectivity index (χ0) is 15.4. The van der Waals surface area contributed by atoms with Gasteiger partial charge in [-0.3, -0.25) is 0 Å². The molecule has 2 aliphatic carbocycles. The number of halogens is 1. The van der Waals surface area contributed by atoms with Gasteiger partial charge >= 0.3 is 0 Å². The maximum Gasteiger partial charge on any atom is 0.131 e. The maximum absolute atomic E-state index is 15.1. The molecule has 5 rings (SSSR count). The van der Waals surface area contributed by atoms with Crippen LogP contribution in [0.4, 0.5) is 4.39 Å². The molecule has 116 valence electrons. The van der Waals surface area contributed by atoms with Crippen molar-refractivity contribution < 1.29 is 4.39 Å². The predicted octanol–water partition coefficient (Wildman–Crippen LogP) is 5.89. The summed E-state index contributed by atoms with van der Waals surface area (Å²) in [6.45, 7) is 0. The molecular formula is C22H21F. The lowest BCUT2D eigenvalue weighted by Crippen LogP contribution is -2.14. The van der Waals surface area contributed by atoms with E-state index >= 15 is 4.39 Å². The molecule has 2 aliphatic rings. The molecule has 0 N–H and O–H groups in total. The molecule has 0 saturated heterocycles. The van der Waals surface area contributed by atoms with E-state index in [1.54, 1.807) is 11.6 Å². The number of fused-ring (bicyclic) bond motifs is 8. The van der Waals surface area contributed by atoms with Crippen molar-refractivity contribution in [1.29, 1.82) is 0 Å². The summed E-state index contributed by atoms with van der Waals surface area (Å²) >= 11 is 0. The first-order valence-corrected chi connectivity index (χ1v) is 9.01. The van der Waals surface area contributed by atoms with Crippen molar-refractivity contribution >= 4 is 21.5 Å². The summed E-state index contributed by atoms with van der Waals surface area (Å²) in [6.07, 6.45) is 9.51. The van der Waals surface area contributed by atoms with E-state index in [2.05, 4.69) is 12.1 Å². The zero-order valence-corrected chi connectivity index (χ0v) is 13.4. The lowest BCUT2D eigenvalue weighted by molar-refractivity contribution is 0.626. The maximum atomic E-state index is 15.1. The minimum Gasteiger partial charge on any atom is -0.206 e. The third kappa shape index (κ3) is 1.89. The van der Waals surface area contributed by atoms with Gasteiger partial charge in [0.15, 0.2) is 0 Å². The smallest absolute Gasteiger partial charge is 0.131 e. The second kappa shape index (κ2) is 5.06. The van der Waals surface area contributed by atoms with Gasteiger partial charge in [-0.25, -0.2) is 4.39 Å². The second-order valence-corrected chi connectivity index (χ2v) is 7.16. The van der Waals surface area contributed by atoms with Crippen LogP contribution in [0.15, 0.2) is 30.3 Å². The highest BCUT2D eigenvalue weighted by Crippen LogP contribution is 2.42. The highest BCUT2D eigenvalue weighted by atomic mass is 19.1. The molecule has 0 unspecified atom stereocenters. The molecule has 3 aromatic rings. The minimum absolute atomic E-state index is 0.00905. The van der Waals surface area contributed by atoms with Gasteiger partial charge in [0.2, 0.25) is 0 Å². The van der Waals surface area contributed by atoms with Crippen molar-refractivity contribution in [2.24, 2.45) is 0 Å². The average molecular weight is 304 g/mol. The van der Waals surface area contributed by atoms with Crippen molar-refractivity contribution in [3.05, 3.63) is 58.4 Å². The van der Waals surface area contributed by atoms with Gasteiger partial charge < -0.3 is 0 Å². The fourth-order valence-electron chi connectivity index (χ4n) is 4.95. The molecule has 0 heterocycles. The Hall–Kier alpha value is -1.89. The molecule has 0 radical (unpaired) electrons. The predicted molar refractivity (Wildman–Crippen MR) is 94.7 cm³/mol. The van der Waals surface area contributed by atoms with Crippen LogP contribution >= 0.6 is 0 Å². The van der Waals surface area contributed by atoms with Crippen LogP contribution < -0.4 is 0 Å². The van der Waals surface area contributed by atoms with E-state index in [9.17, 15) is 0 Å². The number of hydrogen-bond acceptors (Lipinski definition) is 0. The van der Waals surface area contributed by atoms with Crippen LogP contribution in [-0.2, 0) is 25.7 Å². The zero-order valence-electron chi connectivity index (χ0n) is 13.4. The van der Waals surface area contributed by atoms with E-state index in [4.69, 9.17) is 0 Å². The SMILES string of the molecule is Fc1cc2ccccc2c2c3c(c4c(c12)CCCC4)CCCC3. The molecule has 0 fully saturated rings. The Morgan fingerprint density at radius 2 is 1.22 bits per heavy atom. The monoisotopic (exact) mass is 304 g/mol. The van der Waals surface area contributed by atoms with Gasteiger partial charge in [0, 0.05) is 5.39 Å². The molecule has 0 atom stereocenters. The van der Waals surface area contributed by atoms with E-state index in [-0.39, 0.29) is 5.82 Å². The average Bonchev–Trinajstić information content (AvgIpc) is 2.61. The van der Waals surface area contributed by atoms with Gasteiger partial charge in [-0.2, -0.15) is 0 Å². The molecule has 0 spiro atoms. The molecule has 0 nitrogen and oxygen atoms in total. The number of rotatable bonds is 0. The molecule has 0 amide bonds. The van der Waals surface area contributed by atoms with E-state index in [0.717, 1.165) is 30.0 Å². The number of benzene rings is 3. The normalized spacial score (nSPS) is 17.3. The van der Waals surface area contributed by atoms with Crippen molar-refractivity contribution in [3.63, 3.8) is 0 Å². The Bertz CT molecular complexity index is 936. The molecule has 0 saturated carbocycles. The number of aryl methyl sites for hydroxylation is 2. The van der Waals surface area contributed by atoms with Gasteiger partial charge in [0.25, 0.3) is 0 Å². The van der Waals surface area contributed by atoms with Gasteiger partial charge in [-0.15, -0.1) is 0 Å². The highest BCUT2D eigenvalue weighted by Gasteiger charge is 2.25. The third-order valence-corrected chi connectivity index (χ3v) is 5.90. The molecule has 0 aromatic heterocycles. The summed E-state index contributed by atoms with van der Waals surface area (Å²) in [5.74, 6) is -0.00905. The first-order valence-electron chi connectivity index (χ1n) is 9.01. The summed E-state index contributed by atoms with van der Waals surface area (Å²) in [6, 6.07) is 10.1. The van der Waals surface area contributed by atoms with E-state index in [1.165, 1.54) is 59.6 Å². The fraction of sp³-hybridized carbons (Fsp3) is 0.364. The molecular weight excluding hydrogens is 283 g/mol. The Morgan fingerprint density at radius 1 is 0.652 bits per heavy atom. The van der Waals surface area contributed by atoms with Crippen LogP contribution in [0, 0.1) is 5.82 Å². The van der Waals surface area contributed by atoms with Crippen LogP contribution in [0.1, 0.15) is 47.9 Å². The largest absolute Gasteiger partial charge is 0.206 e. The van der Waals surface area contributed by atoms with E-state index < -0.39 is 0 Å². The van der Waals surface area contributed by atoms with Gasteiger partial charge in [0.1, 0.15) is 5.82 Å². The van der Waals surface area contributed by atoms with Crippen LogP contribution in [0.3, 0.4) is 0 Å². The minimum atomic E-state index is -0.00905. The van der Waals surface area contributed by atoms with Crippen molar-refractivity contribution in [1.82, 2.24) is 0 Å². The quantitative estimate of drug-likeness (QED) is 0.454. The van der Waals surface area contributed by atoms with Crippen LogP contribution in [0.2, 0.25) is 0 Å². The third-order valence-electron chi connectivity index (χ3n) is 5.90. The van der Waals surface area contributed by atoms with Gasteiger partial charge in [-0.1, -0.05) is 24.3 Å². The van der Waals surface area contributed by atoms with Crippen LogP contribution in [0.5, 0.6) is 0 Å². The van der Waals surface area contributed by atoms with Crippen LogP contribution in [-0.4, -0.2) is 0 Å². The Kier molecular flexibility index (Phi) is 2.98. The summed E-state index contributed by atoms with van der Waals surface area (Å²) < 4.78 is 15.1. The lowest BCUT2D eigenvalue weighted by Gasteiger charge is -2.29.